The Bertz CT molecular complexity index is 318. The van der Waals surface area contributed by atoms with Crippen LogP contribution in [0.2, 0.25) is 0 Å². The summed E-state index contributed by atoms with van der Waals surface area (Å²) in [7, 11) is 3.47. The summed E-state index contributed by atoms with van der Waals surface area (Å²) in [4.78, 5) is 0. The first-order chi connectivity index (χ1) is 11.0. The molecular weight excluding hydrogens is 296 g/mol. The van der Waals surface area contributed by atoms with Gasteiger partial charge in [-0.1, -0.05) is 27.7 Å². The van der Waals surface area contributed by atoms with Crippen LogP contribution in [0.3, 0.4) is 0 Å². The molecule has 8 atom stereocenters. The molecule has 0 aromatic carbocycles. The Morgan fingerprint density at radius 1 is 0.783 bits per heavy atom. The molecule has 2 aliphatic heterocycles. The van der Waals surface area contributed by atoms with Gasteiger partial charge in [0.15, 0.2) is 6.29 Å². The van der Waals surface area contributed by atoms with Crippen LogP contribution in [-0.4, -0.2) is 59.1 Å². The molecule has 0 bridgehead atoms. The highest BCUT2D eigenvalue weighted by Gasteiger charge is 2.37. The summed E-state index contributed by atoms with van der Waals surface area (Å²) < 4.78 is 28.6. The lowest BCUT2D eigenvalue weighted by Gasteiger charge is -2.40. The van der Waals surface area contributed by atoms with Gasteiger partial charge in [0.05, 0.1) is 38.6 Å². The quantitative estimate of drug-likeness (QED) is 0.749. The van der Waals surface area contributed by atoms with Crippen LogP contribution >= 0.6 is 0 Å². The topological polar surface area (TPSA) is 46.2 Å². The van der Waals surface area contributed by atoms with Crippen molar-refractivity contribution in [3.8, 4) is 0 Å². The average molecular weight is 330 g/mol. The van der Waals surface area contributed by atoms with Gasteiger partial charge in [0.1, 0.15) is 0 Å². The molecular formula is C18H34O5. The molecule has 5 heteroatoms. The van der Waals surface area contributed by atoms with E-state index in [4.69, 9.17) is 23.7 Å². The number of hydrogen-bond acceptors (Lipinski definition) is 5. The van der Waals surface area contributed by atoms with Gasteiger partial charge in [-0.2, -0.15) is 0 Å². The molecule has 2 aliphatic rings. The molecule has 2 rings (SSSR count). The van der Waals surface area contributed by atoms with Crippen LogP contribution in [0.25, 0.3) is 0 Å². The number of hydrogen-bond donors (Lipinski definition) is 0. The summed E-state index contributed by atoms with van der Waals surface area (Å²) >= 11 is 0. The predicted molar refractivity (Wildman–Crippen MR) is 88.3 cm³/mol. The van der Waals surface area contributed by atoms with Gasteiger partial charge in [-0.15, -0.1) is 0 Å². The number of rotatable bonds is 6. The summed E-state index contributed by atoms with van der Waals surface area (Å²) in [5.74, 6) is 2.25. The van der Waals surface area contributed by atoms with Crippen molar-refractivity contribution >= 4 is 0 Å². The predicted octanol–water partition coefficient (Wildman–Crippen LogP) is 2.58. The van der Waals surface area contributed by atoms with Gasteiger partial charge in [-0.05, 0) is 17.8 Å². The molecule has 0 N–H and O–H groups in total. The molecule has 2 heterocycles. The van der Waals surface area contributed by atoms with Gasteiger partial charge in [0.25, 0.3) is 0 Å². The van der Waals surface area contributed by atoms with Gasteiger partial charge in [-0.25, -0.2) is 0 Å². The van der Waals surface area contributed by atoms with Crippen LogP contribution in [0, 0.1) is 29.6 Å². The van der Waals surface area contributed by atoms with E-state index in [1.807, 2.05) is 0 Å². The normalized spacial score (nSPS) is 45.1. The third-order valence-corrected chi connectivity index (χ3v) is 6.10. The second-order valence-corrected chi connectivity index (χ2v) is 7.32. The molecule has 0 aromatic heterocycles. The molecule has 0 aliphatic carbocycles. The van der Waals surface area contributed by atoms with Crippen LogP contribution in [0.1, 0.15) is 27.7 Å². The van der Waals surface area contributed by atoms with E-state index in [1.54, 1.807) is 14.2 Å². The Morgan fingerprint density at radius 3 is 2.17 bits per heavy atom. The smallest absolute Gasteiger partial charge is 0.159 e. The zero-order valence-corrected chi connectivity index (χ0v) is 15.5. The van der Waals surface area contributed by atoms with Crippen molar-refractivity contribution in [3.05, 3.63) is 0 Å². The zero-order valence-electron chi connectivity index (χ0n) is 15.5. The first-order valence-electron chi connectivity index (χ1n) is 8.86. The highest BCUT2D eigenvalue weighted by atomic mass is 16.7. The molecule has 0 radical (unpaired) electrons. The summed E-state index contributed by atoms with van der Waals surface area (Å²) in [6, 6.07) is 0. The Balaban J connectivity index is 1.75. The Kier molecular flexibility index (Phi) is 7.29. The monoisotopic (exact) mass is 330 g/mol. The van der Waals surface area contributed by atoms with E-state index < -0.39 is 0 Å². The lowest BCUT2D eigenvalue weighted by atomic mass is 9.82. The van der Waals surface area contributed by atoms with Crippen LogP contribution < -0.4 is 0 Å². The summed E-state index contributed by atoms with van der Waals surface area (Å²) in [5, 5.41) is 0. The van der Waals surface area contributed by atoms with Crippen molar-refractivity contribution in [2.24, 2.45) is 29.6 Å². The van der Waals surface area contributed by atoms with Crippen LogP contribution in [0.15, 0.2) is 0 Å². The van der Waals surface area contributed by atoms with Gasteiger partial charge in [0.2, 0.25) is 0 Å². The van der Waals surface area contributed by atoms with Crippen LogP contribution in [-0.2, 0) is 23.7 Å². The molecule has 136 valence electrons. The fraction of sp³-hybridized carbons (Fsp3) is 1.00. The SMILES string of the molecule is CO[C@@H]1OC[C@H](COC[C@@H]2OC[C@H](OC)[C@H](C)C2C)[C@H](C)C1C. The van der Waals surface area contributed by atoms with Crippen molar-refractivity contribution in [1.29, 1.82) is 0 Å². The van der Waals surface area contributed by atoms with Crippen molar-refractivity contribution in [1.82, 2.24) is 0 Å². The minimum absolute atomic E-state index is 0.0882. The van der Waals surface area contributed by atoms with E-state index in [9.17, 15) is 0 Å². The number of ether oxygens (including phenoxy) is 5. The highest BCUT2D eigenvalue weighted by Crippen LogP contribution is 2.32. The van der Waals surface area contributed by atoms with Crippen molar-refractivity contribution in [3.63, 3.8) is 0 Å². The molecule has 2 fully saturated rings. The second-order valence-electron chi connectivity index (χ2n) is 7.32. The molecule has 0 saturated carbocycles. The van der Waals surface area contributed by atoms with Crippen molar-refractivity contribution in [2.45, 2.75) is 46.2 Å². The van der Waals surface area contributed by atoms with E-state index in [1.165, 1.54) is 0 Å². The summed E-state index contributed by atoms with van der Waals surface area (Å²) in [6.07, 6.45) is 0.259. The molecule has 23 heavy (non-hydrogen) atoms. The maximum atomic E-state index is 6.00. The van der Waals surface area contributed by atoms with E-state index in [-0.39, 0.29) is 18.5 Å². The first kappa shape index (κ1) is 19.1. The van der Waals surface area contributed by atoms with E-state index in [2.05, 4.69) is 27.7 Å². The second kappa shape index (κ2) is 8.77. The Hall–Kier alpha value is -0.200. The molecule has 2 unspecified atom stereocenters. The molecule has 0 aromatic rings. The van der Waals surface area contributed by atoms with Gasteiger partial charge in [0, 0.05) is 26.1 Å². The first-order valence-corrected chi connectivity index (χ1v) is 8.86. The largest absolute Gasteiger partial charge is 0.379 e. The molecule has 2 saturated heterocycles. The Morgan fingerprint density at radius 2 is 1.52 bits per heavy atom. The zero-order chi connectivity index (χ0) is 17.0. The van der Waals surface area contributed by atoms with Crippen LogP contribution in [0.4, 0.5) is 0 Å². The lowest BCUT2D eigenvalue weighted by Crippen LogP contribution is -2.46. The molecule has 0 spiro atoms. The molecule has 0 amide bonds. The third-order valence-electron chi connectivity index (χ3n) is 6.10. The van der Waals surface area contributed by atoms with Crippen molar-refractivity contribution < 1.29 is 23.7 Å². The Labute approximate surface area is 140 Å². The number of methoxy groups -OCH3 is 2. The summed E-state index contributed by atoms with van der Waals surface area (Å²) in [6.45, 7) is 11.6. The van der Waals surface area contributed by atoms with E-state index in [0.717, 1.165) is 6.61 Å². The van der Waals surface area contributed by atoms with E-state index in [0.29, 0.717) is 49.4 Å². The third kappa shape index (κ3) is 4.45. The highest BCUT2D eigenvalue weighted by molar-refractivity contribution is 4.83. The van der Waals surface area contributed by atoms with Crippen molar-refractivity contribution in [2.75, 3.05) is 40.6 Å². The van der Waals surface area contributed by atoms with Crippen LogP contribution in [0.5, 0.6) is 0 Å². The maximum absolute atomic E-state index is 6.00. The van der Waals surface area contributed by atoms with Gasteiger partial charge in [-0.3, -0.25) is 0 Å². The van der Waals surface area contributed by atoms with Gasteiger partial charge >= 0.3 is 0 Å². The van der Waals surface area contributed by atoms with E-state index >= 15 is 0 Å². The standard InChI is InChI=1S/C18H34O5/c1-11-14(4)18(20-6)23-8-15(11)7-21-9-17-13(3)12(2)16(19-5)10-22-17/h11-18H,7-10H2,1-6H3/t11-,12-,13?,14?,15+,16+,17+,18-/m1/s1. The fourth-order valence-electron chi connectivity index (χ4n) is 3.70. The summed E-state index contributed by atoms with van der Waals surface area (Å²) in [5.41, 5.74) is 0. The fourth-order valence-corrected chi connectivity index (χ4v) is 3.70. The lowest BCUT2D eigenvalue weighted by molar-refractivity contribution is -0.214. The minimum Gasteiger partial charge on any atom is -0.379 e. The maximum Gasteiger partial charge on any atom is 0.159 e. The molecule has 5 nitrogen and oxygen atoms in total. The average Bonchev–Trinajstić information content (AvgIpc) is 2.55. The van der Waals surface area contributed by atoms with Gasteiger partial charge < -0.3 is 23.7 Å². The minimum atomic E-state index is -0.0882.